The van der Waals surface area contributed by atoms with E-state index in [4.69, 9.17) is 4.74 Å². The first-order valence-corrected chi connectivity index (χ1v) is 7.08. The van der Waals surface area contributed by atoms with Crippen LogP contribution in [0.2, 0.25) is 0 Å². The van der Waals surface area contributed by atoms with Gasteiger partial charge in [-0.05, 0) is 25.7 Å². The van der Waals surface area contributed by atoms with E-state index < -0.39 is 11.2 Å². The molecule has 0 aromatic carbocycles. The maximum absolute atomic E-state index is 10.7. The molecule has 0 amide bonds. The summed E-state index contributed by atoms with van der Waals surface area (Å²) in [4.78, 5) is 10.7. The van der Waals surface area contributed by atoms with Gasteiger partial charge in [0.2, 0.25) is 0 Å². The summed E-state index contributed by atoms with van der Waals surface area (Å²) in [6.45, 7) is 0.575. The Labute approximate surface area is 114 Å². The lowest BCUT2D eigenvalue weighted by molar-refractivity contribution is -0.233. The Morgan fingerprint density at radius 3 is 2.53 bits per heavy atom. The summed E-state index contributed by atoms with van der Waals surface area (Å²) in [6, 6.07) is 0. The summed E-state index contributed by atoms with van der Waals surface area (Å²) in [7, 11) is 0. The fraction of sp³-hybridized carbons (Fsp3) is 0.917. The van der Waals surface area contributed by atoms with Gasteiger partial charge in [-0.25, -0.2) is 0 Å². The first-order chi connectivity index (χ1) is 7.86. The molecular formula is C12H17IO4. The van der Waals surface area contributed by atoms with Crippen molar-refractivity contribution in [3.63, 3.8) is 0 Å². The molecule has 0 heterocycles. The van der Waals surface area contributed by atoms with Crippen LogP contribution >= 0.6 is 22.6 Å². The van der Waals surface area contributed by atoms with Crippen LogP contribution in [-0.4, -0.2) is 37.9 Å². The van der Waals surface area contributed by atoms with E-state index in [1.54, 1.807) is 0 Å². The fourth-order valence-electron chi connectivity index (χ4n) is 4.97. The van der Waals surface area contributed by atoms with Gasteiger partial charge in [0, 0.05) is 28.3 Å². The van der Waals surface area contributed by atoms with E-state index in [0.29, 0.717) is 25.7 Å². The van der Waals surface area contributed by atoms with E-state index >= 15 is 0 Å². The van der Waals surface area contributed by atoms with Gasteiger partial charge in [0.25, 0.3) is 6.47 Å². The van der Waals surface area contributed by atoms with Crippen molar-refractivity contribution in [1.82, 2.24) is 0 Å². The van der Waals surface area contributed by atoms with E-state index in [-0.39, 0.29) is 15.4 Å². The lowest BCUT2D eigenvalue weighted by atomic mass is 9.46. The predicted octanol–water partition coefficient (Wildman–Crippen LogP) is 1.16. The number of carbonyl (C=O) groups excluding carboxylic acids is 1. The van der Waals surface area contributed by atoms with Crippen molar-refractivity contribution in [2.45, 2.75) is 53.1 Å². The highest BCUT2D eigenvalue weighted by Crippen LogP contribution is 2.67. The number of hydrogen-bond donors (Lipinski definition) is 2. The zero-order valence-electron chi connectivity index (χ0n) is 9.62. The van der Waals surface area contributed by atoms with Gasteiger partial charge in [-0.3, -0.25) is 4.79 Å². The Morgan fingerprint density at radius 1 is 1.18 bits per heavy atom. The van der Waals surface area contributed by atoms with Crippen molar-refractivity contribution >= 4 is 29.1 Å². The molecule has 0 spiro atoms. The molecule has 17 heavy (non-hydrogen) atoms. The molecular weight excluding hydrogens is 335 g/mol. The highest BCUT2D eigenvalue weighted by Gasteiger charge is 2.68. The molecule has 4 bridgehead atoms. The van der Waals surface area contributed by atoms with Crippen molar-refractivity contribution in [1.29, 1.82) is 0 Å². The molecule has 4 nitrogen and oxygen atoms in total. The average molecular weight is 352 g/mol. The lowest BCUT2D eigenvalue weighted by Gasteiger charge is -2.66. The molecule has 2 N–H and O–H groups in total. The highest BCUT2D eigenvalue weighted by atomic mass is 127. The minimum Gasteiger partial charge on any atom is -0.461 e. The number of carbonyl (C=O) groups is 1. The SMILES string of the molecule is O=COC12CC3(O)CC(I)(CC(CO)(C3)C1)C2. The molecule has 0 aromatic heterocycles. The topological polar surface area (TPSA) is 66.8 Å². The van der Waals surface area contributed by atoms with E-state index in [1.165, 1.54) is 0 Å². The standard InChI is InChI=1S/C12H17IO4/c13-10-1-9(7-14)2-11(16,4-10)6-12(3-9,5-10)17-8-15/h8,14,16H,1-7H2. The Bertz CT molecular complexity index is 352. The van der Waals surface area contributed by atoms with Gasteiger partial charge < -0.3 is 14.9 Å². The van der Waals surface area contributed by atoms with Crippen LogP contribution in [0.25, 0.3) is 0 Å². The van der Waals surface area contributed by atoms with Crippen LogP contribution in [0, 0.1) is 5.41 Å². The molecule has 4 aliphatic rings. The molecule has 0 radical (unpaired) electrons. The van der Waals surface area contributed by atoms with Crippen LogP contribution in [0.1, 0.15) is 38.5 Å². The normalized spacial score (nSPS) is 55.9. The predicted molar refractivity (Wildman–Crippen MR) is 68.8 cm³/mol. The lowest BCUT2D eigenvalue weighted by Crippen LogP contribution is -2.69. The van der Waals surface area contributed by atoms with Crippen LogP contribution in [0.15, 0.2) is 0 Å². The molecule has 96 valence electrons. The molecule has 0 saturated heterocycles. The summed E-state index contributed by atoms with van der Waals surface area (Å²) >= 11 is 2.39. The smallest absolute Gasteiger partial charge is 0.293 e. The first-order valence-electron chi connectivity index (χ1n) is 6.00. The molecule has 0 aromatic rings. The highest BCUT2D eigenvalue weighted by molar-refractivity contribution is 14.1. The molecule has 4 rings (SSSR count). The average Bonchev–Trinajstić information content (AvgIpc) is 2.11. The van der Waals surface area contributed by atoms with Crippen molar-refractivity contribution in [2.24, 2.45) is 5.41 Å². The monoisotopic (exact) mass is 352 g/mol. The van der Waals surface area contributed by atoms with Crippen molar-refractivity contribution in [3.05, 3.63) is 0 Å². The van der Waals surface area contributed by atoms with Crippen LogP contribution in [0.3, 0.4) is 0 Å². The van der Waals surface area contributed by atoms with Gasteiger partial charge in [-0.2, -0.15) is 0 Å². The van der Waals surface area contributed by atoms with Gasteiger partial charge in [-0.1, -0.05) is 22.6 Å². The summed E-state index contributed by atoms with van der Waals surface area (Å²) in [5, 5.41) is 20.3. The largest absolute Gasteiger partial charge is 0.461 e. The minimum atomic E-state index is -0.762. The van der Waals surface area contributed by atoms with E-state index in [9.17, 15) is 15.0 Å². The Morgan fingerprint density at radius 2 is 1.94 bits per heavy atom. The van der Waals surface area contributed by atoms with Crippen LogP contribution in [0.4, 0.5) is 0 Å². The number of aliphatic hydroxyl groups is 2. The van der Waals surface area contributed by atoms with Crippen molar-refractivity contribution in [3.8, 4) is 0 Å². The van der Waals surface area contributed by atoms with Gasteiger partial charge in [0.05, 0.1) is 5.60 Å². The summed E-state index contributed by atoms with van der Waals surface area (Å²) in [5.41, 5.74) is -1.56. The summed E-state index contributed by atoms with van der Waals surface area (Å²) in [6.07, 6.45) is 4.36. The Balaban J connectivity index is 2.04. The number of halogens is 1. The molecule has 5 heteroatoms. The van der Waals surface area contributed by atoms with E-state index in [2.05, 4.69) is 22.6 Å². The second-order valence-corrected chi connectivity index (χ2v) is 8.78. The zero-order valence-corrected chi connectivity index (χ0v) is 11.8. The summed E-state index contributed by atoms with van der Waals surface area (Å²) < 4.78 is 5.31. The number of aliphatic hydroxyl groups excluding tert-OH is 1. The fourth-order valence-corrected chi connectivity index (χ4v) is 7.18. The first kappa shape index (κ1) is 12.2. The third kappa shape index (κ3) is 1.73. The molecule has 4 unspecified atom stereocenters. The van der Waals surface area contributed by atoms with Gasteiger partial charge in [0.1, 0.15) is 5.60 Å². The van der Waals surface area contributed by atoms with Crippen LogP contribution < -0.4 is 0 Å². The number of alkyl halides is 1. The third-order valence-electron chi connectivity index (χ3n) is 4.66. The second-order valence-electron chi connectivity index (χ2n) is 6.49. The van der Waals surface area contributed by atoms with Gasteiger partial charge in [0.15, 0.2) is 0 Å². The Kier molecular flexibility index (Phi) is 2.40. The maximum atomic E-state index is 10.7. The van der Waals surface area contributed by atoms with Gasteiger partial charge >= 0.3 is 0 Å². The zero-order chi connectivity index (χ0) is 12.4. The molecule has 0 aliphatic heterocycles. The molecule has 4 atom stereocenters. The Hall–Kier alpha value is 0.120. The van der Waals surface area contributed by atoms with Gasteiger partial charge in [-0.15, -0.1) is 0 Å². The molecule has 4 saturated carbocycles. The van der Waals surface area contributed by atoms with Crippen molar-refractivity contribution in [2.75, 3.05) is 6.61 Å². The van der Waals surface area contributed by atoms with Crippen molar-refractivity contribution < 1.29 is 19.7 Å². The summed E-state index contributed by atoms with van der Waals surface area (Å²) in [5.74, 6) is 0. The number of rotatable bonds is 3. The minimum absolute atomic E-state index is 0.0347. The van der Waals surface area contributed by atoms with Crippen LogP contribution in [0.5, 0.6) is 0 Å². The number of hydrogen-bond acceptors (Lipinski definition) is 4. The second kappa shape index (κ2) is 3.36. The van der Waals surface area contributed by atoms with E-state index in [0.717, 1.165) is 19.3 Å². The molecule has 4 fully saturated rings. The quantitative estimate of drug-likeness (QED) is 0.455. The van der Waals surface area contributed by atoms with Crippen LogP contribution in [-0.2, 0) is 9.53 Å². The van der Waals surface area contributed by atoms with E-state index in [1.807, 2.05) is 0 Å². The maximum Gasteiger partial charge on any atom is 0.293 e. The number of ether oxygens (including phenoxy) is 1. The molecule has 4 aliphatic carbocycles. The third-order valence-corrected chi connectivity index (χ3v) is 5.81.